The first-order chi connectivity index (χ1) is 24.8. The van der Waals surface area contributed by atoms with Gasteiger partial charge in [-0.15, -0.1) is 0 Å². The first-order valence-corrected chi connectivity index (χ1v) is 20.7. The molecular formula is C42H36F4O4P2. The molecule has 10 heteroatoms. The molecule has 0 bridgehead atoms. The Kier molecular flexibility index (Phi) is 10.9. The summed E-state index contributed by atoms with van der Waals surface area (Å²) in [7, 11) is -7.56. The van der Waals surface area contributed by atoms with Gasteiger partial charge in [0.25, 0.3) is 0 Å². The number of hydrogen-bond donors (Lipinski definition) is 2. The fourth-order valence-corrected chi connectivity index (χ4v) is 14.1. The van der Waals surface area contributed by atoms with E-state index in [1.165, 1.54) is 97.1 Å². The van der Waals surface area contributed by atoms with Crippen LogP contribution in [0.4, 0.5) is 17.6 Å². The van der Waals surface area contributed by atoms with Crippen molar-refractivity contribution in [2.45, 2.75) is 11.2 Å². The lowest BCUT2D eigenvalue weighted by Gasteiger charge is -2.36. The van der Waals surface area contributed by atoms with Crippen LogP contribution >= 0.6 is 14.3 Å². The molecule has 0 aliphatic carbocycles. The van der Waals surface area contributed by atoms with E-state index in [2.05, 4.69) is 0 Å². The summed E-state index contributed by atoms with van der Waals surface area (Å²) in [4.78, 5) is 0. The number of aliphatic hydroxyl groups is 2. The van der Waals surface area contributed by atoms with Crippen LogP contribution < -0.4 is 10.6 Å². The Balaban J connectivity index is 1.47. The average molecular weight is 743 g/mol. The molecule has 2 atom stereocenters. The standard InChI is InChI=1S/C42H36F4O4P2/c43-35-19-11-31(12-20-35)41(47,32-13-21-36(44)22-14-32)29-51(49,39-7-3-1-4-8-39)27-28-52(50,40-9-5-2-6-10-40)30-42(48,33-15-23-37(45)24-16-33)34-17-25-38(46)26-18-34/h1-26,47-48H,27-30H2. The third-order valence-corrected chi connectivity index (χ3v) is 16.2. The Bertz CT molecular complexity index is 1950. The van der Waals surface area contributed by atoms with Gasteiger partial charge in [-0.05, 0) is 70.8 Å². The van der Waals surface area contributed by atoms with Gasteiger partial charge in [-0.1, -0.05) is 109 Å². The van der Waals surface area contributed by atoms with Crippen molar-refractivity contribution < 1.29 is 36.9 Å². The highest BCUT2D eigenvalue weighted by atomic mass is 31.2. The maximum absolute atomic E-state index is 15.6. The molecular weight excluding hydrogens is 706 g/mol. The number of benzene rings is 6. The topological polar surface area (TPSA) is 74.6 Å². The lowest BCUT2D eigenvalue weighted by atomic mass is 9.88. The van der Waals surface area contributed by atoms with Crippen molar-refractivity contribution in [1.82, 2.24) is 0 Å². The van der Waals surface area contributed by atoms with Gasteiger partial charge in [-0.3, -0.25) is 0 Å². The number of halogens is 4. The van der Waals surface area contributed by atoms with Crippen LogP contribution in [0, 0.1) is 23.3 Å². The maximum Gasteiger partial charge on any atom is 0.123 e. The van der Waals surface area contributed by atoms with Crippen molar-refractivity contribution in [3.8, 4) is 0 Å². The van der Waals surface area contributed by atoms with Gasteiger partial charge in [-0.2, -0.15) is 0 Å². The van der Waals surface area contributed by atoms with Crippen molar-refractivity contribution >= 4 is 24.9 Å². The molecule has 2 N–H and O–H groups in total. The first-order valence-electron chi connectivity index (χ1n) is 16.6. The molecule has 4 nitrogen and oxygen atoms in total. The molecule has 0 saturated heterocycles. The van der Waals surface area contributed by atoms with Crippen molar-refractivity contribution in [1.29, 1.82) is 0 Å². The fraction of sp³-hybridized carbons (Fsp3) is 0.143. The highest BCUT2D eigenvalue weighted by molar-refractivity contribution is 7.75. The minimum Gasteiger partial charge on any atom is -0.380 e. The maximum atomic E-state index is 15.6. The fourth-order valence-electron chi connectivity index (χ4n) is 6.66. The zero-order valence-electron chi connectivity index (χ0n) is 28.0. The van der Waals surface area contributed by atoms with E-state index in [-0.39, 0.29) is 34.6 Å². The molecule has 0 aliphatic rings. The molecule has 52 heavy (non-hydrogen) atoms. The summed E-state index contributed by atoms with van der Waals surface area (Å²) >= 11 is 0. The van der Waals surface area contributed by atoms with Gasteiger partial charge in [0.2, 0.25) is 0 Å². The molecule has 0 amide bonds. The highest BCUT2D eigenvalue weighted by Gasteiger charge is 2.45. The summed E-state index contributed by atoms with van der Waals surface area (Å²) in [5.41, 5.74) is -3.08. The monoisotopic (exact) mass is 742 g/mol. The van der Waals surface area contributed by atoms with E-state index in [0.29, 0.717) is 10.6 Å². The lowest BCUT2D eigenvalue weighted by Crippen LogP contribution is -2.36. The van der Waals surface area contributed by atoms with Crippen LogP contribution in [0.15, 0.2) is 158 Å². The second kappa shape index (κ2) is 15.2. The summed E-state index contributed by atoms with van der Waals surface area (Å²) in [6.07, 6.45) is -1.21. The minimum absolute atomic E-state index is 0.198. The quantitative estimate of drug-likeness (QED) is 0.0917. The van der Waals surface area contributed by atoms with E-state index in [1.807, 2.05) is 0 Å². The van der Waals surface area contributed by atoms with Crippen LogP contribution in [0.3, 0.4) is 0 Å². The van der Waals surface area contributed by atoms with E-state index in [1.54, 1.807) is 60.7 Å². The summed E-state index contributed by atoms with van der Waals surface area (Å²) in [6, 6.07) is 37.4. The zero-order valence-corrected chi connectivity index (χ0v) is 29.7. The predicted octanol–water partition coefficient (Wildman–Crippen LogP) is 8.79. The summed E-state index contributed by atoms with van der Waals surface area (Å²) < 4.78 is 87.6. The van der Waals surface area contributed by atoms with E-state index < -0.39 is 61.1 Å². The van der Waals surface area contributed by atoms with Gasteiger partial charge in [0, 0.05) is 35.3 Å². The molecule has 2 unspecified atom stereocenters. The second-order valence-electron chi connectivity index (χ2n) is 13.0. The van der Waals surface area contributed by atoms with Gasteiger partial charge in [0.05, 0.1) is 0 Å². The molecule has 0 radical (unpaired) electrons. The minimum atomic E-state index is -3.78. The Morgan fingerprint density at radius 1 is 0.385 bits per heavy atom. The van der Waals surface area contributed by atoms with E-state index in [4.69, 9.17) is 0 Å². The molecule has 0 fully saturated rings. The SMILES string of the molecule is O=P(CCP(=O)(CC(O)(c1ccc(F)cc1)c1ccc(F)cc1)c1ccccc1)(CC(O)(c1ccc(F)cc1)c1ccc(F)cc1)c1ccccc1. The summed E-state index contributed by atoms with van der Waals surface area (Å²) in [6.45, 7) is 0. The normalized spacial score (nSPS) is 14.3. The molecule has 6 aromatic carbocycles. The van der Waals surface area contributed by atoms with Crippen molar-refractivity contribution in [2.24, 2.45) is 0 Å². The zero-order chi connectivity index (χ0) is 37.0. The molecule has 0 spiro atoms. The van der Waals surface area contributed by atoms with E-state index in [9.17, 15) is 27.8 Å². The van der Waals surface area contributed by atoms with Crippen molar-refractivity contribution in [3.63, 3.8) is 0 Å². The van der Waals surface area contributed by atoms with Crippen LogP contribution in [-0.4, -0.2) is 34.9 Å². The molecule has 0 heterocycles. The van der Waals surface area contributed by atoms with Gasteiger partial charge in [0.1, 0.15) is 48.8 Å². The Morgan fingerprint density at radius 3 is 0.846 bits per heavy atom. The lowest BCUT2D eigenvalue weighted by molar-refractivity contribution is 0.104. The van der Waals surface area contributed by atoms with Crippen LogP contribution in [0.2, 0.25) is 0 Å². The number of hydrogen-bond acceptors (Lipinski definition) is 4. The summed E-state index contributed by atoms with van der Waals surface area (Å²) in [5, 5.41) is 25.8. The Hall–Kier alpha value is -4.58. The van der Waals surface area contributed by atoms with Crippen LogP contribution in [0.5, 0.6) is 0 Å². The van der Waals surface area contributed by atoms with E-state index in [0.717, 1.165) is 0 Å². The molecule has 0 aromatic heterocycles. The number of rotatable bonds is 13. The molecule has 6 aromatic rings. The third-order valence-electron chi connectivity index (χ3n) is 9.53. The molecule has 266 valence electrons. The van der Waals surface area contributed by atoms with Gasteiger partial charge in [0.15, 0.2) is 0 Å². The third kappa shape index (κ3) is 7.91. The van der Waals surface area contributed by atoms with Crippen LogP contribution in [0.1, 0.15) is 22.3 Å². The first kappa shape index (κ1) is 37.2. The molecule has 6 rings (SSSR count). The van der Waals surface area contributed by atoms with Crippen LogP contribution in [-0.2, 0) is 20.3 Å². The average Bonchev–Trinajstić information content (AvgIpc) is 3.15. The smallest absolute Gasteiger partial charge is 0.123 e. The predicted molar refractivity (Wildman–Crippen MR) is 198 cm³/mol. The van der Waals surface area contributed by atoms with Crippen molar-refractivity contribution in [2.75, 3.05) is 24.6 Å². The second-order valence-corrected chi connectivity index (χ2v) is 19.1. The Morgan fingerprint density at radius 2 is 0.615 bits per heavy atom. The molecule has 0 aliphatic heterocycles. The van der Waals surface area contributed by atoms with Gasteiger partial charge in [-0.25, -0.2) is 17.6 Å². The van der Waals surface area contributed by atoms with Gasteiger partial charge >= 0.3 is 0 Å². The Labute approximate surface area is 300 Å². The van der Waals surface area contributed by atoms with Gasteiger partial charge < -0.3 is 19.3 Å². The molecule has 0 saturated carbocycles. The summed E-state index contributed by atoms with van der Waals surface area (Å²) in [5.74, 6) is -2.19. The van der Waals surface area contributed by atoms with Crippen LogP contribution in [0.25, 0.3) is 0 Å². The largest absolute Gasteiger partial charge is 0.380 e. The van der Waals surface area contributed by atoms with E-state index >= 15 is 9.13 Å². The van der Waals surface area contributed by atoms with Crippen molar-refractivity contribution in [3.05, 3.63) is 203 Å². The highest BCUT2D eigenvalue weighted by Crippen LogP contribution is 2.57.